The van der Waals surface area contributed by atoms with Crippen molar-refractivity contribution < 1.29 is 13.2 Å². The topological polar surface area (TPSA) is 133 Å². The molecule has 0 aliphatic carbocycles. The van der Waals surface area contributed by atoms with Gasteiger partial charge in [-0.1, -0.05) is 42.5 Å². The lowest BCUT2D eigenvalue weighted by atomic mass is 10.1. The van der Waals surface area contributed by atoms with E-state index in [1.54, 1.807) is 16.8 Å². The van der Waals surface area contributed by atoms with E-state index in [0.29, 0.717) is 25.3 Å². The van der Waals surface area contributed by atoms with E-state index in [1.807, 2.05) is 30.3 Å². The number of hydrogen-bond donors (Lipinski definition) is 2. The van der Waals surface area contributed by atoms with Gasteiger partial charge in [0.1, 0.15) is 0 Å². The van der Waals surface area contributed by atoms with Gasteiger partial charge in [-0.3, -0.25) is 4.79 Å². The van der Waals surface area contributed by atoms with Crippen LogP contribution in [-0.2, 0) is 40.6 Å². The van der Waals surface area contributed by atoms with Crippen molar-refractivity contribution in [3.05, 3.63) is 71.5 Å². The molecule has 0 aliphatic heterocycles. The Bertz CT molecular complexity index is 1050. The van der Waals surface area contributed by atoms with Gasteiger partial charge in [0.2, 0.25) is 15.9 Å². The van der Waals surface area contributed by atoms with E-state index in [1.165, 1.54) is 17.7 Å². The number of tetrazole rings is 1. The van der Waals surface area contributed by atoms with Crippen LogP contribution in [0, 0.1) is 0 Å². The Balaban J connectivity index is 1.46. The van der Waals surface area contributed by atoms with E-state index in [9.17, 15) is 13.2 Å². The minimum Gasteiger partial charge on any atom is -0.355 e. The minimum atomic E-state index is -3.70. The van der Waals surface area contributed by atoms with Gasteiger partial charge in [-0.25, -0.2) is 18.2 Å². The predicted molar refractivity (Wildman–Crippen MR) is 106 cm³/mol. The molecular formula is C19H22N6O3S. The van der Waals surface area contributed by atoms with Crippen LogP contribution in [0.2, 0.25) is 0 Å². The SMILES string of the molecule is NS(=O)(=O)c1ccc(CCNC(=O)Cc2nnnn2CCc2ccccc2)cc1. The van der Waals surface area contributed by atoms with Crippen molar-refractivity contribution in [1.29, 1.82) is 0 Å². The fraction of sp³-hybridized carbons (Fsp3) is 0.263. The lowest BCUT2D eigenvalue weighted by molar-refractivity contribution is -0.120. The Morgan fingerprint density at radius 3 is 2.38 bits per heavy atom. The number of nitrogens with one attached hydrogen (secondary N) is 1. The molecule has 2 aromatic carbocycles. The highest BCUT2D eigenvalue weighted by Crippen LogP contribution is 2.09. The van der Waals surface area contributed by atoms with E-state index < -0.39 is 10.0 Å². The molecule has 0 saturated carbocycles. The van der Waals surface area contributed by atoms with Crippen molar-refractivity contribution in [2.24, 2.45) is 5.14 Å². The summed E-state index contributed by atoms with van der Waals surface area (Å²) in [6, 6.07) is 16.2. The van der Waals surface area contributed by atoms with Gasteiger partial charge in [-0.15, -0.1) is 5.10 Å². The third kappa shape index (κ3) is 6.19. The molecule has 1 amide bonds. The third-order valence-electron chi connectivity index (χ3n) is 4.37. The number of rotatable bonds is 9. The molecule has 0 bridgehead atoms. The Labute approximate surface area is 169 Å². The van der Waals surface area contributed by atoms with Crippen molar-refractivity contribution in [3.63, 3.8) is 0 Å². The van der Waals surface area contributed by atoms with Crippen molar-refractivity contribution in [2.45, 2.75) is 30.7 Å². The van der Waals surface area contributed by atoms with Gasteiger partial charge in [-0.2, -0.15) is 0 Å². The van der Waals surface area contributed by atoms with E-state index >= 15 is 0 Å². The number of carbonyl (C=O) groups is 1. The number of aromatic nitrogens is 4. The highest BCUT2D eigenvalue weighted by Gasteiger charge is 2.12. The second-order valence-electron chi connectivity index (χ2n) is 6.52. The quantitative estimate of drug-likeness (QED) is 0.523. The molecule has 3 aromatic rings. The molecule has 0 unspecified atom stereocenters. The highest BCUT2D eigenvalue weighted by atomic mass is 32.2. The number of hydrogen-bond acceptors (Lipinski definition) is 6. The number of primary sulfonamides is 1. The van der Waals surface area contributed by atoms with Crippen LogP contribution in [0.4, 0.5) is 0 Å². The fourth-order valence-corrected chi connectivity index (χ4v) is 3.32. The van der Waals surface area contributed by atoms with Gasteiger partial charge >= 0.3 is 0 Å². The van der Waals surface area contributed by atoms with Gasteiger partial charge in [-0.05, 0) is 46.5 Å². The molecule has 10 heteroatoms. The molecule has 1 aromatic heterocycles. The Morgan fingerprint density at radius 2 is 1.69 bits per heavy atom. The van der Waals surface area contributed by atoms with Crippen LogP contribution < -0.4 is 10.5 Å². The summed E-state index contributed by atoms with van der Waals surface area (Å²) < 4.78 is 24.1. The average Bonchev–Trinajstić information content (AvgIpc) is 3.14. The zero-order valence-corrected chi connectivity index (χ0v) is 16.5. The van der Waals surface area contributed by atoms with Gasteiger partial charge in [0, 0.05) is 13.1 Å². The molecule has 152 valence electrons. The van der Waals surface area contributed by atoms with Crippen LogP contribution in [0.3, 0.4) is 0 Å². The molecule has 0 radical (unpaired) electrons. The largest absolute Gasteiger partial charge is 0.355 e. The summed E-state index contributed by atoms with van der Waals surface area (Å²) in [7, 11) is -3.70. The molecule has 1 heterocycles. The second kappa shape index (κ2) is 9.39. The van der Waals surface area contributed by atoms with E-state index in [4.69, 9.17) is 5.14 Å². The molecular weight excluding hydrogens is 392 g/mol. The van der Waals surface area contributed by atoms with Crippen LogP contribution >= 0.6 is 0 Å². The molecule has 3 N–H and O–H groups in total. The molecule has 9 nitrogen and oxygen atoms in total. The number of nitrogens with zero attached hydrogens (tertiary/aromatic N) is 4. The first kappa shape index (κ1) is 20.6. The molecule has 0 spiro atoms. The third-order valence-corrected chi connectivity index (χ3v) is 5.30. The number of nitrogens with two attached hydrogens (primary N) is 1. The van der Waals surface area contributed by atoms with Crippen molar-refractivity contribution in [1.82, 2.24) is 25.5 Å². The summed E-state index contributed by atoms with van der Waals surface area (Å²) in [4.78, 5) is 12.3. The number of sulfonamides is 1. The Kier molecular flexibility index (Phi) is 6.68. The Hall–Kier alpha value is -3.11. The summed E-state index contributed by atoms with van der Waals surface area (Å²) in [6.45, 7) is 1.01. The highest BCUT2D eigenvalue weighted by molar-refractivity contribution is 7.89. The number of carbonyl (C=O) groups excluding carboxylic acids is 1. The molecule has 0 fully saturated rings. The van der Waals surface area contributed by atoms with Crippen LogP contribution in [0.5, 0.6) is 0 Å². The average molecular weight is 414 g/mol. The standard InChI is InChI=1S/C19H22N6O3S/c20-29(27,28)17-8-6-16(7-9-17)10-12-21-19(26)14-18-22-23-24-25(18)13-11-15-4-2-1-3-5-15/h1-9H,10-14H2,(H,21,26)(H2,20,27,28). The van der Waals surface area contributed by atoms with Crippen LogP contribution in [0.1, 0.15) is 17.0 Å². The smallest absolute Gasteiger partial charge is 0.238 e. The predicted octanol–water partition coefficient (Wildman–Crippen LogP) is 0.465. The van der Waals surface area contributed by atoms with Crippen molar-refractivity contribution in [3.8, 4) is 0 Å². The maximum absolute atomic E-state index is 12.2. The van der Waals surface area contributed by atoms with Gasteiger partial charge in [0.15, 0.2) is 5.82 Å². The summed E-state index contributed by atoms with van der Waals surface area (Å²) in [5.74, 6) is 0.331. The summed E-state index contributed by atoms with van der Waals surface area (Å²) in [5.41, 5.74) is 2.07. The van der Waals surface area contributed by atoms with Gasteiger partial charge in [0.05, 0.1) is 11.3 Å². The second-order valence-corrected chi connectivity index (χ2v) is 8.08. The fourth-order valence-electron chi connectivity index (χ4n) is 2.80. The normalized spacial score (nSPS) is 11.3. The zero-order chi connectivity index (χ0) is 20.7. The molecule has 3 rings (SSSR count). The first-order valence-corrected chi connectivity index (χ1v) is 10.6. The molecule has 0 saturated heterocycles. The first-order chi connectivity index (χ1) is 13.9. The van der Waals surface area contributed by atoms with Gasteiger partial charge < -0.3 is 5.32 Å². The number of benzene rings is 2. The molecule has 0 atom stereocenters. The zero-order valence-electron chi connectivity index (χ0n) is 15.7. The lowest BCUT2D eigenvalue weighted by Crippen LogP contribution is -2.28. The summed E-state index contributed by atoms with van der Waals surface area (Å²) in [5, 5.41) is 19.5. The maximum Gasteiger partial charge on any atom is 0.238 e. The van der Waals surface area contributed by atoms with Gasteiger partial charge in [0.25, 0.3) is 0 Å². The maximum atomic E-state index is 12.2. The van der Waals surface area contributed by atoms with E-state index in [0.717, 1.165) is 12.0 Å². The lowest BCUT2D eigenvalue weighted by Gasteiger charge is -2.07. The van der Waals surface area contributed by atoms with Crippen LogP contribution in [0.15, 0.2) is 59.5 Å². The molecule has 0 aliphatic rings. The minimum absolute atomic E-state index is 0.0626. The van der Waals surface area contributed by atoms with E-state index in [-0.39, 0.29) is 17.2 Å². The van der Waals surface area contributed by atoms with Crippen LogP contribution in [0.25, 0.3) is 0 Å². The van der Waals surface area contributed by atoms with Crippen LogP contribution in [-0.4, -0.2) is 41.1 Å². The Morgan fingerprint density at radius 1 is 1.00 bits per heavy atom. The summed E-state index contributed by atoms with van der Waals surface area (Å²) >= 11 is 0. The number of amides is 1. The first-order valence-electron chi connectivity index (χ1n) is 9.09. The van der Waals surface area contributed by atoms with Crippen molar-refractivity contribution in [2.75, 3.05) is 6.54 Å². The van der Waals surface area contributed by atoms with Crippen molar-refractivity contribution >= 4 is 15.9 Å². The van der Waals surface area contributed by atoms with E-state index in [2.05, 4.69) is 20.8 Å². The summed E-state index contributed by atoms with van der Waals surface area (Å²) in [6.07, 6.45) is 1.43. The molecule has 29 heavy (non-hydrogen) atoms. The number of aryl methyl sites for hydroxylation is 2. The monoisotopic (exact) mass is 414 g/mol.